The number of morpholine rings is 1. The fraction of sp³-hybridized carbons (Fsp3) is 0.292. The summed E-state index contributed by atoms with van der Waals surface area (Å²) in [6.45, 7) is 4.43. The number of amides is 1. The number of hydrogen-bond acceptors (Lipinski definition) is 7. The Morgan fingerprint density at radius 1 is 1.03 bits per heavy atom. The quantitative estimate of drug-likeness (QED) is 0.468. The highest BCUT2D eigenvalue weighted by Gasteiger charge is 2.21. The molecule has 1 aliphatic rings. The van der Waals surface area contributed by atoms with E-state index in [1.807, 2.05) is 30.3 Å². The van der Waals surface area contributed by atoms with E-state index in [2.05, 4.69) is 10.2 Å². The SMILES string of the molecule is CCC(=O)Nc1ccc(-c2nc(N3CCOCC3)c3ccc4c(ccn4S(C)(=O)=O)c3n2)cc1. The van der Waals surface area contributed by atoms with Crippen molar-refractivity contribution in [3.8, 4) is 11.4 Å². The molecule has 0 bridgehead atoms. The highest BCUT2D eigenvalue weighted by molar-refractivity contribution is 7.89. The minimum Gasteiger partial charge on any atom is -0.378 e. The van der Waals surface area contributed by atoms with Gasteiger partial charge in [-0.3, -0.25) is 4.79 Å². The molecule has 0 saturated carbocycles. The van der Waals surface area contributed by atoms with Crippen molar-refractivity contribution in [2.24, 2.45) is 0 Å². The Labute approximate surface area is 197 Å². The van der Waals surface area contributed by atoms with Crippen LogP contribution >= 0.6 is 0 Å². The molecule has 1 N–H and O–H groups in total. The number of carbonyl (C=O) groups is 1. The first-order chi connectivity index (χ1) is 16.3. The Kier molecular flexibility index (Phi) is 5.70. The van der Waals surface area contributed by atoms with Gasteiger partial charge in [0, 0.05) is 47.7 Å². The molecule has 2 aromatic carbocycles. The number of ether oxygens (including phenoxy) is 1. The topological polar surface area (TPSA) is 106 Å². The Morgan fingerprint density at radius 2 is 1.76 bits per heavy atom. The first-order valence-corrected chi connectivity index (χ1v) is 13.0. The lowest BCUT2D eigenvalue weighted by Gasteiger charge is -2.29. The van der Waals surface area contributed by atoms with E-state index in [1.165, 1.54) is 10.2 Å². The molecule has 0 radical (unpaired) electrons. The lowest BCUT2D eigenvalue weighted by atomic mass is 10.1. The summed E-state index contributed by atoms with van der Waals surface area (Å²) in [7, 11) is -3.45. The zero-order valence-corrected chi connectivity index (χ0v) is 19.8. The molecule has 0 aliphatic carbocycles. The van der Waals surface area contributed by atoms with Crippen LogP contribution in [0.4, 0.5) is 11.5 Å². The smallest absolute Gasteiger partial charge is 0.236 e. The Balaban J connectivity index is 1.69. The van der Waals surface area contributed by atoms with Crippen molar-refractivity contribution >= 4 is 49.2 Å². The summed E-state index contributed by atoms with van der Waals surface area (Å²) < 4.78 is 31.3. The van der Waals surface area contributed by atoms with Crippen LogP contribution in [0, 0.1) is 0 Å². The second-order valence-electron chi connectivity index (χ2n) is 8.22. The standard InChI is InChI=1S/C24H25N5O4S/c1-3-21(30)25-17-6-4-16(5-7-17)23-26-22-18-10-11-29(34(2,31)32)20(18)9-8-19(22)24(27-23)28-12-14-33-15-13-28/h4-11H,3,12-15H2,1-2H3,(H,25,30). The third-order valence-electron chi connectivity index (χ3n) is 5.89. The average Bonchev–Trinajstić information content (AvgIpc) is 3.30. The first-order valence-electron chi connectivity index (χ1n) is 11.1. The molecule has 2 aromatic heterocycles. The van der Waals surface area contributed by atoms with Crippen LogP contribution in [-0.4, -0.2) is 60.8 Å². The number of nitrogens with one attached hydrogen (secondary N) is 1. The molecule has 10 heteroatoms. The van der Waals surface area contributed by atoms with Crippen molar-refractivity contribution in [2.75, 3.05) is 42.8 Å². The van der Waals surface area contributed by atoms with E-state index < -0.39 is 10.0 Å². The number of anilines is 2. The highest BCUT2D eigenvalue weighted by atomic mass is 32.2. The second kappa shape index (κ2) is 8.69. The monoisotopic (exact) mass is 479 g/mol. The molecular weight excluding hydrogens is 454 g/mol. The highest BCUT2D eigenvalue weighted by Crippen LogP contribution is 2.34. The molecule has 4 aromatic rings. The predicted octanol–water partition coefficient (Wildman–Crippen LogP) is 3.24. The predicted molar refractivity (Wildman–Crippen MR) is 133 cm³/mol. The molecule has 34 heavy (non-hydrogen) atoms. The zero-order chi connectivity index (χ0) is 23.9. The summed E-state index contributed by atoms with van der Waals surface area (Å²) in [4.78, 5) is 23.7. The Hall–Kier alpha value is -3.50. The second-order valence-corrected chi connectivity index (χ2v) is 10.1. The number of fused-ring (bicyclic) bond motifs is 3. The fourth-order valence-corrected chi connectivity index (χ4v) is 4.95. The van der Waals surface area contributed by atoms with Crippen LogP contribution in [0.25, 0.3) is 33.2 Å². The van der Waals surface area contributed by atoms with E-state index in [0.29, 0.717) is 55.3 Å². The Bertz CT molecular complexity index is 1490. The minimum atomic E-state index is -3.45. The number of nitrogens with zero attached hydrogens (tertiary/aromatic N) is 4. The van der Waals surface area contributed by atoms with E-state index in [9.17, 15) is 13.2 Å². The number of hydrogen-bond donors (Lipinski definition) is 1. The summed E-state index contributed by atoms with van der Waals surface area (Å²) in [6, 6.07) is 12.9. The van der Waals surface area contributed by atoms with Crippen molar-refractivity contribution in [1.29, 1.82) is 0 Å². The van der Waals surface area contributed by atoms with Crippen LogP contribution in [0.3, 0.4) is 0 Å². The van der Waals surface area contributed by atoms with Gasteiger partial charge in [-0.1, -0.05) is 6.92 Å². The van der Waals surface area contributed by atoms with Gasteiger partial charge >= 0.3 is 0 Å². The van der Waals surface area contributed by atoms with Gasteiger partial charge in [-0.15, -0.1) is 0 Å². The third-order valence-corrected chi connectivity index (χ3v) is 6.93. The average molecular weight is 480 g/mol. The van der Waals surface area contributed by atoms with Crippen molar-refractivity contribution < 1.29 is 17.9 Å². The number of carbonyl (C=O) groups excluding carboxylic acids is 1. The normalized spacial score (nSPS) is 14.6. The number of aromatic nitrogens is 3. The molecular formula is C24H25N5O4S. The van der Waals surface area contributed by atoms with Crippen LogP contribution in [0.1, 0.15) is 13.3 Å². The molecule has 0 unspecified atom stereocenters. The van der Waals surface area contributed by atoms with E-state index in [1.54, 1.807) is 25.3 Å². The van der Waals surface area contributed by atoms with Gasteiger partial charge < -0.3 is 15.0 Å². The van der Waals surface area contributed by atoms with Crippen LogP contribution in [0.2, 0.25) is 0 Å². The van der Waals surface area contributed by atoms with Gasteiger partial charge in [0.25, 0.3) is 0 Å². The van der Waals surface area contributed by atoms with Gasteiger partial charge in [-0.25, -0.2) is 22.4 Å². The maximum absolute atomic E-state index is 12.3. The molecule has 176 valence electrons. The maximum atomic E-state index is 12.3. The molecule has 1 amide bonds. The molecule has 9 nitrogen and oxygen atoms in total. The van der Waals surface area contributed by atoms with Gasteiger partial charge in [0.1, 0.15) is 5.82 Å². The van der Waals surface area contributed by atoms with Crippen molar-refractivity contribution in [3.05, 3.63) is 48.7 Å². The minimum absolute atomic E-state index is 0.0536. The molecule has 0 atom stereocenters. The van der Waals surface area contributed by atoms with Crippen LogP contribution in [0.5, 0.6) is 0 Å². The van der Waals surface area contributed by atoms with Gasteiger partial charge in [0.05, 0.1) is 30.5 Å². The van der Waals surface area contributed by atoms with Crippen LogP contribution in [0.15, 0.2) is 48.7 Å². The summed E-state index contributed by atoms with van der Waals surface area (Å²) in [6.07, 6.45) is 3.14. The molecule has 0 spiro atoms. The van der Waals surface area contributed by atoms with E-state index in [0.717, 1.165) is 22.2 Å². The van der Waals surface area contributed by atoms with E-state index in [-0.39, 0.29) is 5.91 Å². The fourth-order valence-electron chi connectivity index (χ4n) is 4.16. The lowest BCUT2D eigenvalue weighted by molar-refractivity contribution is -0.115. The molecule has 3 heterocycles. The lowest BCUT2D eigenvalue weighted by Crippen LogP contribution is -2.37. The van der Waals surface area contributed by atoms with Crippen molar-refractivity contribution in [2.45, 2.75) is 13.3 Å². The van der Waals surface area contributed by atoms with Crippen molar-refractivity contribution in [1.82, 2.24) is 13.9 Å². The molecule has 1 fully saturated rings. The van der Waals surface area contributed by atoms with Gasteiger partial charge in [-0.2, -0.15) is 0 Å². The summed E-state index contributed by atoms with van der Waals surface area (Å²) >= 11 is 0. The van der Waals surface area contributed by atoms with Crippen LogP contribution in [-0.2, 0) is 19.6 Å². The van der Waals surface area contributed by atoms with Gasteiger partial charge in [0.2, 0.25) is 15.9 Å². The largest absolute Gasteiger partial charge is 0.378 e. The molecule has 1 aliphatic heterocycles. The summed E-state index contributed by atoms with van der Waals surface area (Å²) in [5.41, 5.74) is 2.77. The zero-order valence-electron chi connectivity index (χ0n) is 19.0. The third kappa shape index (κ3) is 4.10. The van der Waals surface area contributed by atoms with Crippen molar-refractivity contribution in [3.63, 3.8) is 0 Å². The first kappa shape index (κ1) is 22.3. The Morgan fingerprint density at radius 3 is 2.44 bits per heavy atom. The van der Waals surface area contributed by atoms with E-state index >= 15 is 0 Å². The number of rotatable bonds is 5. The van der Waals surface area contributed by atoms with Gasteiger partial charge in [0.15, 0.2) is 5.82 Å². The van der Waals surface area contributed by atoms with E-state index in [4.69, 9.17) is 14.7 Å². The molecule has 1 saturated heterocycles. The maximum Gasteiger partial charge on any atom is 0.236 e. The van der Waals surface area contributed by atoms with Crippen LogP contribution < -0.4 is 10.2 Å². The number of benzene rings is 2. The summed E-state index contributed by atoms with van der Waals surface area (Å²) in [5.74, 6) is 1.27. The van der Waals surface area contributed by atoms with Gasteiger partial charge in [-0.05, 0) is 42.5 Å². The molecule has 5 rings (SSSR count). The summed E-state index contributed by atoms with van der Waals surface area (Å²) in [5, 5.41) is 4.44.